The van der Waals surface area contributed by atoms with Crippen LogP contribution in [0.3, 0.4) is 0 Å². The van der Waals surface area contributed by atoms with Gasteiger partial charge in [-0.2, -0.15) is 5.26 Å². The molecule has 0 aliphatic heterocycles. The minimum absolute atomic E-state index is 0.0892. The molecule has 1 heterocycles. The molecule has 0 aliphatic carbocycles. The number of aromatic nitrogens is 1. The first-order chi connectivity index (χ1) is 13.6. The number of terminal acetylenes is 1. The third-order valence-electron chi connectivity index (χ3n) is 3.51. The highest BCUT2D eigenvalue weighted by Crippen LogP contribution is 2.39. The Morgan fingerprint density at radius 2 is 2.18 bits per heavy atom. The number of benzene rings is 2. The van der Waals surface area contributed by atoms with Gasteiger partial charge in [0.2, 0.25) is 0 Å². The molecule has 4 nitrogen and oxygen atoms in total. The standard InChI is InChI=1S/C21H15ClN2O2S2/c1-3-9-26-20-16(22)11-14(12-18(20)25-4-2)10-15(13-23)27-21-24-17-7-5-6-8-19(17)28-21/h1,5-8,10-12H,4,9H2,2H3. The number of hydrogen-bond acceptors (Lipinski definition) is 6. The fraction of sp³-hybridized carbons (Fsp3) is 0.143. The summed E-state index contributed by atoms with van der Waals surface area (Å²) in [5.41, 5.74) is 1.65. The molecule has 1 aromatic heterocycles. The summed E-state index contributed by atoms with van der Waals surface area (Å²) in [5, 5.41) is 9.93. The second kappa shape index (κ2) is 9.52. The van der Waals surface area contributed by atoms with Gasteiger partial charge in [0.1, 0.15) is 12.7 Å². The van der Waals surface area contributed by atoms with Crippen molar-refractivity contribution in [1.29, 1.82) is 5.26 Å². The number of ether oxygens (including phenoxy) is 2. The Labute approximate surface area is 176 Å². The number of halogens is 1. The molecule has 0 fully saturated rings. The van der Waals surface area contributed by atoms with Crippen LogP contribution in [0.25, 0.3) is 16.3 Å². The summed E-state index contributed by atoms with van der Waals surface area (Å²) in [7, 11) is 0. The number of para-hydroxylation sites is 1. The van der Waals surface area contributed by atoms with E-state index in [1.54, 1.807) is 29.5 Å². The lowest BCUT2D eigenvalue weighted by atomic mass is 10.2. The number of allylic oxidation sites excluding steroid dienone is 1. The van der Waals surface area contributed by atoms with Crippen LogP contribution in [0, 0.1) is 23.7 Å². The molecule has 0 aliphatic rings. The van der Waals surface area contributed by atoms with E-state index < -0.39 is 0 Å². The first kappa shape index (κ1) is 20.1. The van der Waals surface area contributed by atoms with Gasteiger partial charge in [-0.15, -0.1) is 17.8 Å². The summed E-state index contributed by atoms with van der Waals surface area (Å²) >= 11 is 9.21. The summed E-state index contributed by atoms with van der Waals surface area (Å²) < 4.78 is 13.0. The van der Waals surface area contributed by atoms with Gasteiger partial charge in [0.25, 0.3) is 0 Å². The van der Waals surface area contributed by atoms with Crippen molar-refractivity contribution >= 4 is 51.0 Å². The van der Waals surface area contributed by atoms with Crippen molar-refractivity contribution in [2.75, 3.05) is 13.2 Å². The molecule has 28 heavy (non-hydrogen) atoms. The largest absolute Gasteiger partial charge is 0.490 e. The number of nitrogens with zero attached hydrogens (tertiary/aromatic N) is 2. The van der Waals surface area contributed by atoms with Crippen molar-refractivity contribution in [1.82, 2.24) is 4.98 Å². The smallest absolute Gasteiger partial charge is 0.181 e. The zero-order valence-electron chi connectivity index (χ0n) is 14.9. The lowest BCUT2D eigenvalue weighted by Gasteiger charge is -2.13. The fourth-order valence-corrected chi connectivity index (χ4v) is 4.66. The van der Waals surface area contributed by atoms with Crippen molar-refractivity contribution in [3.05, 3.63) is 51.9 Å². The summed E-state index contributed by atoms with van der Waals surface area (Å²) in [5.74, 6) is 3.29. The molecule has 3 rings (SSSR count). The van der Waals surface area contributed by atoms with Crippen molar-refractivity contribution in [2.24, 2.45) is 0 Å². The van der Waals surface area contributed by atoms with E-state index in [2.05, 4.69) is 17.0 Å². The second-order valence-electron chi connectivity index (χ2n) is 5.43. The van der Waals surface area contributed by atoms with Crippen LogP contribution >= 0.6 is 34.7 Å². The summed E-state index contributed by atoms with van der Waals surface area (Å²) in [6.07, 6.45) is 7.00. The maximum Gasteiger partial charge on any atom is 0.181 e. The van der Waals surface area contributed by atoms with Gasteiger partial charge in [-0.1, -0.05) is 29.7 Å². The molecule has 2 aromatic carbocycles. The molecule has 0 spiro atoms. The molecular weight excluding hydrogens is 412 g/mol. The molecule has 0 saturated heterocycles. The lowest BCUT2D eigenvalue weighted by Crippen LogP contribution is -2.00. The van der Waals surface area contributed by atoms with Gasteiger partial charge in [0.15, 0.2) is 15.8 Å². The first-order valence-corrected chi connectivity index (χ1v) is 10.3. The molecule has 0 unspecified atom stereocenters. The van der Waals surface area contributed by atoms with E-state index in [1.165, 1.54) is 11.8 Å². The average molecular weight is 427 g/mol. The number of nitriles is 1. The minimum Gasteiger partial charge on any atom is -0.490 e. The SMILES string of the molecule is C#CCOc1c(Cl)cc(C=C(C#N)Sc2nc3ccccc3s2)cc1OCC. The molecule has 0 N–H and O–H groups in total. The Bertz CT molecular complexity index is 1080. The number of thiazole rings is 1. The Hall–Kier alpha value is -2.64. The highest BCUT2D eigenvalue weighted by molar-refractivity contribution is 8.05. The Kier molecular flexibility index (Phi) is 6.84. The van der Waals surface area contributed by atoms with Gasteiger partial charge in [-0.25, -0.2) is 4.98 Å². The normalized spacial score (nSPS) is 11.1. The van der Waals surface area contributed by atoms with Crippen LogP contribution in [0.5, 0.6) is 11.5 Å². The highest BCUT2D eigenvalue weighted by atomic mass is 35.5. The van der Waals surface area contributed by atoms with E-state index in [4.69, 9.17) is 27.5 Å². The maximum absolute atomic E-state index is 9.56. The van der Waals surface area contributed by atoms with Gasteiger partial charge in [0, 0.05) is 0 Å². The van der Waals surface area contributed by atoms with E-state index in [-0.39, 0.29) is 6.61 Å². The molecule has 140 valence electrons. The van der Waals surface area contributed by atoms with Gasteiger partial charge in [-0.3, -0.25) is 0 Å². The minimum atomic E-state index is 0.0892. The third-order valence-corrected chi connectivity index (χ3v) is 5.82. The molecule has 0 radical (unpaired) electrons. The predicted octanol–water partition coefficient (Wildman–Crippen LogP) is 6.02. The number of thioether (sulfide) groups is 1. The zero-order chi connectivity index (χ0) is 19.9. The Morgan fingerprint density at radius 1 is 1.36 bits per heavy atom. The van der Waals surface area contributed by atoms with Crippen LogP contribution in [0.4, 0.5) is 0 Å². The third kappa shape index (κ3) is 4.79. The van der Waals surface area contributed by atoms with Gasteiger partial charge < -0.3 is 9.47 Å². The zero-order valence-corrected chi connectivity index (χ0v) is 17.3. The van der Waals surface area contributed by atoms with Crippen LogP contribution in [-0.2, 0) is 0 Å². The average Bonchev–Trinajstić information content (AvgIpc) is 3.09. The molecule has 0 saturated carbocycles. The Balaban J connectivity index is 1.91. The fourth-order valence-electron chi connectivity index (χ4n) is 2.41. The van der Waals surface area contributed by atoms with Crippen molar-refractivity contribution in [3.63, 3.8) is 0 Å². The predicted molar refractivity (Wildman–Crippen MR) is 116 cm³/mol. The number of fused-ring (bicyclic) bond motifs is 1. The van der Waals surface area contributed by atoms with E-state index in [1.807, 2.05) is 31.2 Å². The summed E-state index contributed by atoms with van der Waals surface area (Å²) in [4.78, 5) is 5.05. The van der Waals surface area contributed by atoms with E-state index >= 15 is 0 Å². The lowest BCUT2D eigenvalue weighted by molar-refractivity contribution is 0.299. The Morgan fingerprint density at radius 3 is 2.89 bits per heavy atom. The molecule has 0 atom stereocenters. The summed E-state index contributed by atoms with van der Waals surface area (Å²) in [6.45, 7) is 2.40. The second-order valence-corrected chi connectivity index (χ2v) is 8.15. The number of hydrogen-bond donors (Lipinski definition) is 0. The van der Waals surface area contributed by atoms with E-state index in [0.29, 0.717) is 28.0 Å². The van der Waals surface area contributed by atoms with Crippen molar-refractivity contribution in [3.8, 4) is 29.9 Å². The number of rotatable bonds is 7. The van der Waals surface area contributed by atoms with Crippen LogP contribution < -0.4 is 9.47 Å². The molecule has 0 amide bonds. The van der Waals surface area contributed by atoms with Crippen LogP contribution in [-0.4, -0.2) is 18.2 Å². The summed E-state index contributed by atoms with van der Waals surface area (Å²) in [6, 6.07) is 13.6. The maximum atomic E-state index is 9.56. The topological polar surface area (TPSA) is 55.1 Å². The van der Waals surface area contributed by atoms with Gasteiger partial charge in [-0.05, 0) is 54.6 Å². The van der Waals surface area contributed by atoms with Crippen molar-refractivity contribution in [2.45, 2.75) is 11.3 Å². The van der Waals surface area contributed by atoms with Crippen LogP contribution in [0.2, 0.25) is 5.02 Å². The molecule has 0 bridgehead atoms. The van der Waals surface area contributed by atoms with Crippen molar-refractivity contribution < 1.29 is 9.47 Å². The van der Waals surface area contributed by atoms with Crippen LogP contribution in [0.1, 0.15) is 12.5 Å². The van der Waals surface area contributed by atoms with Crippen LogP contribution in [0.15, 0.2) is 45.6 Å². The van der Waals surface area contributed by atoms with E-state index in [9.17, 15) is 5.26 Å². The molecular formula is C21H15ClN2O2S2. The molecule has 3 aromatic rings. The van der Waals surface area contributed by atoms with Gasteiger partial charge >= 0.3 is 0 Å². The van der Waals surface area contributed by atoms with Gasteiger partial charge in [0.05, 0.1) is 26.8 Å². The quantitative estimate of drug-likeness (QED) is 0.263. The highest BCUT2D eigenvalue weighted by Gasteiger charge is 2.13. The first-order valence-electron chi connectivity index (χ1n) is 8.32. The van der Waals surface area contributed by atoms with E-state index in [0.717, 1.165) is 20.1 Å². The molecule has 7 heteroatoms. The monoisotopic (exact) mass is 426 g/mol.